The fourth-order valence-electron chi connectivity index (χ4n) is 7.51. The zero-order valence-corrected chi connectivity index (χ0v) is 38.1. The third-order valence-corrected chi connectivity index (χ3v) is 11.3. The predicted molar refractivity (Wildman–Crippen MR) is 238 cm³/mol. The van der Waals surface area contributed by atoms with Crippen LogP contribution in [0.1, 0.15) is 278 Å². The summed E-state index contributed by atoms with van der Waals surface area (Å²) in [6.45, 7) is 8.98. The first-order chi connectivity index (χ1) is 27.4. The highest BCUT2D eigenvalue weighted by Crippen LogP contribution is 2.17. The van der Waals surface area contributed by atoms with E-state index in [1.165, 1.54) is 173 Å². The molecule has 0 aliphatic heterocycles. The van der Waals surface area contributed by atoms with Crippen LogP contribution in [0.4, 0.5) is 0 Å². The van der Waals surface area contributed by atoms with E-state index in [0.717, 1.165) is 63.7 Å². The van der Waals surface area contributed by atoms with Crippen LogP contribution in [-0.4, -0.2) is 37.2 Å². The molecular formula is C50H96O6. The van der Waals surface area contributed by atoms with Crippen molar-refractivity contribution < 1.29 is 28.6 Å². The lowest BCUT2D eigenvalue weighted by Gasteiger charge is -2.18. The highest BCUT2D eigenvalue weighted by molar-refractivity contribution is 5.71. The number of esters is 3. The summed E-state index contributed by atoms with van der Waals surface area (Å²) in [5.41, 5.74) is 0. The Morgan fingerprint density at radius 1 is 0.339 bits per heavy atom. The van der Waals surface area contributed by atoms with Crippen molar-refractivity contribution in [1.29, 1.82) is 0 Å². The van der Waals surface area contributed by atoms with Gasteiger partial charge >= 0.3 is 17.9 Å². The Morgan fingerprint density at radius 3 is 0.875 bits per heavy atom. The monoisotopic (exact) mass is 793 g/mol. The molecule has 332 valence electrons. The van der Waals surface area contributed by atoms with Gasteiger partial charge in [0.05, 0.1) is 0 Å². The van der Waals surface area contributed by atoms with Crippen LogP contribution >= 0.6 is 0 Å². The molecule has 0 rings (SSSR count). The summed E-state index contributed by atoms with van der Waals surface area (Å²) in [5, 5.41) is 0. The van der Waals surface area contributed by atoms with Crippen LogP contribution in [0.25, 0.3) is 0 Å². The van der Waals surface area contributed by atoms with E-state index in [1.54, 1.807) is 0 Å². The second kappa shape index (κ2) is 44.5. The van der Waals surface area contributed by atoms with Gasteiger partial charge in [0.2, 0.25) is 0 Å². The first-order valence-corrected chi connectivity index (χ1v) is 24.9. The van der Waals surface area contributed by atoms with Crippen LogP contribution in [-0.2, 0) is 28.6 Å². The van der Waals surface area contributed by atoms with Crippen LogP contribution in [0.5, 0.6) is 0 Å². The van der Waals surface area contributed by atoms with Crippen molar-refractivity contribution in [2.45, 2.75) is 284 Å². The van der Waals surface area contributed by atoms with Gasteiger partial charge in [0, 0.05) is 19.3 Å². The maximum absolute atomic E-state index is 12.8. The molecule has 56 heavy (non-hydrogen) atoms. The van der Waals surface area contributed by atoms with Gasteiger partial charge in [-0.15, -0.1) is 0 Å². The number of carbonyl (C=O) groups excluding carboxylic acids is 3. The summed E-state index contributed by atoms with van der Waals surface area (Å²) in [5.74, 6) is -0.0521. The molecule has 0 aliphatic rings. The van der Waals surface area contributed by atoms with E-state index in [9.17, 15) is 14.4 Å². The van der Waals surface area contributed by atoms with Crippen LogP contribution in [0.2, 0.25) is 0 Å². The highest BCUT2D eigenvalue weighted by atomic mass is 16.6. The SMILES string of the molecule is CCCCCCCCCCCCCCCCC(=O)O[C@H](COC(=O)CCCCCCCCCCCCCCC)COC(=O)CCCCCCCCCCC(C)C. The Morgan fingerprint density at radius 2 is 0.589 bits per heavy atom. The van der Waals surface area contributed by atoms with Crippen molar-refractivity contribution in [2.75, 3.05) is 13.2 Å². The Hall–Kier alpha value is -1.59. The van der Waals surface area contributed by atoms with Crippen LogP contribution in [0.15, 0.2) is 0 Å². The maximum atomic E-state index is 12.8. The molecule has 0 heterocycles. The van der Waals surface area contributed by atoms with Crippen LogP contribution in [0.3, 0.4) is 0 Å². The highest BCUT2D eigenvalue weighted by Gasteiger charge is 2.19. The molecule has 0 saturated carbocycles. The molecule has 0 bridgehead atoms. The molecule has 0 unspecified atom stereocenters. The molecule has 0 amide bonds. The van der Waals surface area contributed by atoms with E-state index in [2.05, 4.69) is 27.7 Å². The van der Waals surface area contributed by atoms with E-state index in [4.69, 9.17) is 14.2 Å². The minimum atomic E-state index is -0.760. The molecule has 0 fully saturated rings. The standard InChI is InChI=1S/C50H96O6/c1-5-7-9-11-13-15-17-19-21-23-25-31-35-39-43-50(53)56-47(45-55-49(52)42-38-34-30-27-26-28-32-36-40-46(3)4)44-54-48(51)41-37-33-29-24-22-20-18-16-14-12-10-8-6-2/h46-47H,5-45H2,1-4H3/t47-/m1/s1. The van der Waals surface area contributed by atoms with Crippen molar-refractivity contribution in [3.05, 3.63) is 0 Å². The van der Waals surface area contributed by atoms with Gasteiger partial charge in [0.1, 0.15) is 13.2 Å². The first-order valence-electron chi connectivity index (χ1n) is 24.9. The number of hydrogen-bond acceptors (Lipinski definition) is 6. The Labute approximate surface area is 348 Å². The van der Waals surface area contributed by atoms with Crippen molar-refractivity contribution >= 4 is 17.9 Å². The topological polar surface area (TPSA) is 78.9 Å². The maximum Gasteiger partial charge on any atom is 0.306 e. The van der Waals surface area contributed by atoms with E-state index in [-0.39, 0.29) is 31.1 Å². The minimum absolute atomic E-state index is 0.0633. The zero-order chi connectivity index (χ0) is 41.0. The van der Waals surface area contributed by atoms with Gasteiger partial charge in [-0.05, 0) is 25.2 Å². The van der Waals surface area contributed by atoms with Crippen LogP contribution < -0.4 is 0 Å². The van der Waals surface area contributed by atoms with E-state index >= 15 is 0 Å². The Balaban J connectivity index is 4.32. The molecule has 0 aromatic heterocycles. The third-order valence-electron chi connectivity index (χ3n) is 11.3. The normalized spacial score (nSPS) is 11.9. The summed E-state index contributed by atoms with van der Waals surface area (Å²) in [4.78, 5) is 37.8. The number of hydrogen-bond donors (Lipinski definition) is 0. The van der Waals surface area contributed by atoms with Crippen molar-refractivity contribution in [1.82, 2.24) is 0 Å². The number of rotatable bonds is 45. The van der Waals surface area contributed by atoms with Crippen molar-refractivity contribution in [3.63, 3.8) is 0 Å². The lowest BCUT2D eigenvalue weighted by molar-refractivity contribution is -0.167. The molecule has 0 spiro atoms. The summed E-state index contributed by atoms with van der Waals surface area (Å²) >= 11 is 0. The third kappa shape index (κ3) is 43.5. The molecule has 0 saturated heterocycles. The summed E-state index contributed by atoms with van der Waals surface area (Å²) in [7, 11) is 0. The number of carbonyl (C=O) groups is 3. The predicted octanol–water partition coefficient (Wildman–Crippen LogP) is 15.9. The van der Waals surface area contributed by atoms with Crippen LogP contribution in [0, 0.1) is 5.92 Å². The average Bonchev–Trinajstić information content (AvgIpc) is 3.18. The van der Waals surface area contributed by atoms with Gasteiger partial charge in [-0.1, -0.05) is 240 Å². The van der Waals surface area contributed by atoms with Gasteiger partial charge in [-0.3, -0.25) is 14.4 Å². The second-order valence-corrected chi connectivity index (χ2v) is 17.6. The Bertz CT molecular complexity index is 841. The zero-order valence-electron chi connectivity index (χ0n) is 38.1. The molecule has 0 aromatic rings. The van der Waals surface area contributed by atoms with E-state index < -0.39 is 6.10 Å². The molecule has 6 heteroatoms. The average molecular weight is 793 g/mol. The first kappa shape index (κ1) is 54.4. The summed E-state index contributed by atoms with van der Waals surface area (Å²) in [6, 6.07) is 0. The van der Waals surface area contributed by atoms with E-state index in [1.807, 2.05) is 0 Å². The van der Waals surface area contributed by atoms with Gasteiger partial charge < -0.3 is 14.2 Å². The summed E-state index contributed by atoms with van der Waals surface area (Å²) < 4.78 is 16.8. The molecule has 0 aromatic carbocycles. The second-order valence-electron chi connectivity index (χ2n) is 17.6. The molecular weight excluding hydrogens is 697 g/mol. The molecule has 6 nitrogen and oxygen atoms in total. The smallest absolute Gasteiger partial charge is 0.306 e. The summed E-state index contributed by atoms with van der Waals surface area (Å²) in [6.07, 6.45) is 45.1. The van der Waals surface area contributed by atoms with Crippen molar-refractivity contribution in [2.24, 2.45) is 5.92 Å². The Kier molecular flexibility index (Phi) is 43.2. The lowest BCUT2D eigenvalue weighted by Crippen LogP contribution is -2.30. The van der Waals surface area contributed by atoms with Gasteiger partial charge in [0.25, 0.3) is 0 Å². The van der Waals surface area contributed by atoms with Crippen molar-refractivity contribution in [3.8, 4) is 0 Å². The quantitative estimate of drug-likeness (QED) is 0.0347. The van der Waals surface area contributed by atoms with E-state index in [0.29, 0.717) is 19.3 Å². The lowest BCUT2D eigenvalue weighted by atomic mass is 10.0. The van der Waals surface area contributed by atoms with Gasteiger partial charge in [-0.25, -0.2) is 0 Å². The molecule has 0 N–H and O–H groups in total. The fraction of sp³-hybridized carbons (Fsp3) is 0.940. The largest absolute Gasteiger partial charge is 0.462 e. The van der Waals surface area contributed by atoms with Gasteiger partial charge in [-0.2, -0.15) is 0 Å². The fourth-order valence-corrected chi connectivity index (χ4v) is 7.51. The number of ether oxygens (including phenoxy) is 3. The van der Waals surface area contributed by atoms with Gasteiger partial charge in [0.15, 0.2) is 6.10 Å². The minimum Gasteiger partial charge on any atom is -0.462 e. The number of unbranched alkanes of at least 4 members (excludes halogenated alkanes) is 32. The molecule has 0 aliphatic carbocycles. The molecule has 1 atom stereocenters. The molecule has 0 radical (unpaired) electrons.